The first-order chi connectivity index (χ1) is 65.9. The van der Waals surface area contributed by atoms with Crippen LogP contribution in [-0.2, 0) is 73.4 Å². The van der Waals surface area contributed by atoms with Gasteiger partial charge in [-0.3, -0.25) is 23.8 Å². The van der Waals surface area contributed by atoms with E-state index in [2.05, 4.69) is 128 Å². The number of hydrogen-bond donors (Lipinski definition) is 5. The predicted molar refractivity (Wildman–Crippen MR) is 558 cm³/mol. The Hall–Kier alpha value is -10.8. The van der Waals surface area contributed by atoms with Crippen molar-refractivity contribution in [2.75, 3.05) is 36.7 Å². The maximum absolute atomic E-state index is 14.7. The van der Waals surface area contributed by atoms with Crippen molar-refractivity contribution in [1.82, 2.24) is 0 Å². The molecule has 0 saturated heterocycles. The van der Waals surface area contributed by atoms with Gasteiger partial charge in [-0.2, -0.15) is 30.0 Å². The highest BCUT2D eigenvalue weighted by atomic mass is 32.2. The quantitative estimate of drug-likeness (QED) is 0.0135. The summed E-state index contributed by atoms with van der Waals surface area (Å²) in [5.74, 6) is -3.46. The average Bonchev–Trinajstić information content (AvgIpc) is 0.726. The molecule has 137 heavy (non-hydrogen) atoms. The predicted octanol–water partition coefficient (Wildman–Crippen LogP) is 26.8. The van der Waals surface area contributed by atoms with Crippen LogP contribution in [0, 0.1) is 0 Å². The second kappa shape index (κ2) is 56.3. The number of aryl methyl sites for hydroxylation is 6. The molecule has 11 rings (SSSR count). The first-order valence-corrected chi connectivity index (χ1v) is 55.6. The van der Waals surface area contributed by atoms with E-state index in [1.54, 1.807) is 33.9 Å². The molecule has 0 atom stereocenters. The van der Waals surface area contributed by atoms with Crippen molar-refractivity contribution in [3.63, 3.8) is 0 Å². The number of aromatic hydroxyl groups is 2. The molecule has 0 saturated carbocycles. The summed E-state index contributed by atoms with van der Waals surface area (Å²) >= 11 is 0. The third-order valence-electron chi connectivity index (χ3n) is 25.2. The molecule has 0 bridgehead atoms. The van der Waals surface area contributed by atoms with Crippen LogP contribution in [0.15, 0.2) is 238 Å². The molecule has 9 aromatic carbocycles. The molecular weight excluding hydrogens is 1790 g/mol. The fourth-order valence-electron chi connectivity index (χ4n) is 17.4. The number of hydrogen-bond acceptors (Lipinski definition) is 15. The van der Waals surface area contributed by atoms with Crippen LogP contribution in [0.2, 0.25) is 0 Å². The van der Waals surface area contributed by atoms with Crippen molar-refractivity contribution >= 4 is 104 Å². The lowest BCUT2D eigenvalue weighted by Gasteiger charge is -2.34. The van der Waals surface area contributed by atoms with E-state index >= 15 is 0 Å². The lowest BCUT2D eigenvalue weighted by molar-refractivity contribution is -0.298. The number of nitrogens with one attached hydrogen (secondary N) is 3. The van der Waals surface area contributed by atoms with E-state index in [0.29, 0.717) is 22.8 Å². The van der Waals surface area contributed by atoms with Crippen LogP contribution in [0.3, 0.4) is 0 Å². The lowest BCUT2D eigenvalue weighted by Crippen LogP contribution is -2.76. The number of benzene rings is 8. The fourth-order valence-corrected chi connectivity index (χ4v) is 19.1. The summed E-state index contributed by atoms with van der Waals surface area (Å²) in [4.78, 5) is 40.6. The number of carbonyl (C=O) groups excluding carboxylic acids is 1. The highest BCUT2D eigenvalue weighted by molar-refractivity contribution is 7.93. The Morgan fingerprint density at radius 1 is 0.350 bits per heavy atom. The Morgan fingerprint density at radius 2 is 0.642 bits per heavy atom. The van der Waals surface area contributed by atoms with Crippen molar-refractivity contribution in [3.8, 4) is 11.5 Å². The van der Waals surface area contributed by atoms with Crippen LogP contribution in [-0.4, -0.2) is 65.0 Å². The number of nitrogens with zero attached hydrogens (tertiary/aromatic N) is 3. The number of sulfonamides is 3. The molecule has 0 heterocycles. The van der Waals surface area contributed by atoms with Crippen molar-refractivity contribution in [2.45, 2.75) is 317 Å². The smallest absolute Gasteiger partial charge is 0.516 e. The summed E-state index contributed by atoms with van der Waals surface area (Å²) in [7, 11) is -13.5. The zero-order valence-electron chi connectivity index (χ0n) is 82.0. The van der Waals surface area contributed by atoms with E-state index < -0.39 is 86.3 Å². The zero-order valence-corrected chi connectivity index (χ0v) is 84.5. The van der Waals surface area contributed by atoms with E-state index in [0.717, 1.165) is 136 Å². The van der Waals surface area contributed by atoms with E-state index in [1.165, 1.54) is 227 Å². The maximum Gasteiger partial charge on any atom is 0.516 e. The summed E-state index contributed by atoms with van der Waals surface area (Å²) in [5.41, 5.74) is 4.65. The summed E-state index contributed by atoms with van der Waals surface area (Å²) in [6, 6.07) is 61.6. The van der Waals surface area contributed by atoms with Crippen LogP contribution in [0.4, 0.5) is 70.0 Å². The minimum Gasteiger partial charge on any atom is -0.871 e. The van der Waals surface area contributed by atoms with Gasteiger partial charge in [-0.05, 0) is 226 Å². The minimum absolute atomic E-state index is 0.0541. The van der Waals surface area contributed by atoms with E-state index in [-0.39, 0.29) is 22.5 Å². The molecule has 18 nitrogen and oxygen atoms in total. The normalized spacial score (nSPS) is 13.7. The number of alkyl halides is 3. The van der Waals surface area contributed by atoms with Gasteiger partial charge in [-0.25, -0.2) is 8.42 Å². The van der Waals surface area contributed by atoms with Gasteiger partial charge >= 0.3 is 25.6 Å². The van der Waals surface area contributed by atoms with Gasteiger partial charge in [0.05, 0.1) is 35.2 Å². The van der Waals surface area contributed by atoms with Crippen LogP contribution >= 0.6 is 0 Å². The van der Waals surface area contributed by atoms with Gasteiger partial charge in [0, 0.05) is 68.3 Å². The minimum atomic E-state index is -6.11. The SMILES string of the molecule is CCCCCCCCc1ccc(N(C2=CC(=[NH+]S(C)(=O)=O)C(=C3C(=O)C(c4ccc(N(c5ccc(CCCCCCCC)cc5)c5ccc(CCCCCCCC)cc5)cc4NS(=O)(=O)C(F)(F)F)=C3[O-])C=C2)c2ccc(CCCCCCCC)cc2)cc1.CCCCCCCCc1ccc(N(c2ccc(CCCCCCCC)cc2)c2cccc(NS(C)(=O)=O)c2)cc1.O=c1c(O)c(O)c1=O. The van der Waals surface area contributed by atoms with Gasteiger partial charge in [0.1, 0.15) is 0 Å². The first-order valence-electron chi connectivity index (χ1n) is 50.3. The number of carbonyl (C=O) groups is 1. The molecule has 9 aromatic rings. The van der Waals surface area contributed by atoms with Gasteiger partial charge in [-0.1, -0.05) is 325 Å². The fraction of sp³-hybridized carbons (Fsp3) is 0.451. The average molecular weight is 1930 g/mol. The number of ketones is 1. The highest BCUT2D eigenvalue weighted by Crippen LogP contribution is 2.46. The van der Waals surface area contributed by atoms with Crippen LogP contribution in [0.5, 0.6) is 11.5 Å². The molecule has 0 aliphatic heterocycles. The number of allylic oxidation sites excluding steroid dienone is 6. The van der Waals surface area contributed by atoms with Crippen molar-refractivity contribution in [3.05, 3.63) is 288 Å². The third-order valence-corrected chi connectivity index (χ3v) is 27.5. The van der Waals surface area contributed by atoms with Crippen molar-refractivity contribution in [1.29, 1.82) is 0 Å². The molecule has 0 radical (unpaired) electrons. The lowest BCUT2D eigenvalue weighted by atomic mass is 9.78. The standard InChI is InChI=1S/C74H95F3N4O6S2.C35H50N2O2S.C4H2O4/c1-6-10-14-18-22-26-30-56-34-42-60(43-35-56)80(61-44-36-57(37-45-61)31-27-23-19-15-11-7-2)64-50-52-66(68(54-64)78-88(5,84)85)70-72(82)71(73(70)83)67-53-51-65(55-69(67)79-89(86,87)74(75,76)77)81(62-46-38-58(39-47-62)32-28-24-20-16-12-8-3)63-48-40-59(41-49-63)33-29-25-21-17-13-9-4;1-4-6-8-10-12-14-17-30-21-25-33(26-22-30)37(35-20-16-19-32(29-35)36-40(3,38)39)34-27-23-31(24-28-34)18-15-13-11-9-7-5-2;5-1-2(6)4(8)3(1)7/h34-55,79,82H,6-33H2,1-5H3;16,19-29,36H,4-15,17-18H2,1-3H3;5-6H. The summed E-state index contributed by atoms with van der Waals surface area (Å²) < 4.78 is 127. The van der Waals surface area contributed by atoms with E-state index in [9.17, 15) is 57.9 Å². The Morgan fingerprint density at radius 3 is 0.927 bits per heavy atom. The van der Waals surface area contributed by atoms with Crippen LogP contribution in [0.25, 0.3) is 5.57 Å². The van der Waals surface area contributed by atoms with E-state index in [4.69, 9.17) is 10.2 Å². The zero-order chi connectivity index (χ0) is 98.8. The van der Waals surface area contributed by atoms with Crippen LogP contribution in [0.1, 0.15) is 312 Å². The Balaban J connectivity index is 0.000000359. The molecule has 740 valence electrons. The van der Waals surface area contributed by atoms with Crippen molar-refractivity contribution < 1.29 is 62.9 Å². The highest BCUT2D eigenvalue weighted by Gasteiger charge is 2.47. The molecule has 0 fully saturated rings. The summed E-state index contributed by atoms with van der Waals surface area (Å²) in [5, 5.41) is 31.2. The molecule has 2 aliphatic rings. The Labute approximate surface area is 814 Å². The molecular formula is C113H147F3N6O12S3. The number of Topliss-reactive ketones (excluding diaryl/α,β-unsaturated/α-hetero) is 1. The van der Waals surface area contributed by atoms with E-state index in [1.807, 2.05) is 95.9 Å². The van der Waals surface area contributed by atoms with Gasteiger partial charge in [-0.15, -0.1) is 4.40 Å². The topological polar surface area (TPSA) is 265 Å². The Bertz CT molecular complexity index is 5660. The number of anilines is 10. The monoisotopic (exact) mass is 1930 g/mol. The van der Waals surface area contributed by atoms with Gasteiger partial charge in [0.25, 0.3) is 10.9 Å². The first kappa shape index (κ1) is 110. The largest absolute Gasteiger partial charge is 0.871 e. The van der Waals surface area contributed by atoms with Crippen LogP contribution < -0.4 is 44.5 Å². The Kier molecular flexibility index (Phi) is 45.1. The second-order valence-corrected chi connectivity index (χ2v) is 41.9. The number of unbranched alkanes of at least 4 members (excludes halogenated alkanes) is 30. The molecule has 0 unspecified atom stereocenters. The summed E-state index contributed by atoms with van der Waals surface area (Å²) in [6.45, 7) is 13.3. The second-order valence-electron chi connectivity index (χ2n) is 36.7. The molecule has 2 aliphatic carbocycles. The third kappa shape index (κ3) is 34.9. The number of rotatable bonds is 57. The van der Waals surface area contributed by atoms with Gasteiger partial charge < -0.3 is 30.0 Å². The van der Waals surface area contributed by atoms with Gasteiger partial charge in [0.2, 0.25) is 27.2 Å². The maximum atomic E-state index is 14.7. The molecule has 0 amide bonds. The molecule has 0 spiro atoms. The van der Waals surface area contributed by atoms with Crippen molar-refractivity contribution in [2.24, 2.45) is 0 Å². The molecule has 5 N–H and O–H groups in total. The van der Waals surface area contributed by atoms with Gasteiger partial charge in [0.15, 0.2) is 5.78 Å². The molecule has 24 heteroatoms. The number of halogens is 3. The summed E-state index contributed by atoms with van der Waals surface area (Å²) in [6.07, 6.45) is 56.2. The molecule has 0 aromatic heterocycles.